The van der Waals surface area contributed by atoms with Crippen molar-refractivity contribution in [2.75, 3.05) is 32.8 Å². The van der Waals surface area contributed by atoms with Crippen LogP contribution in [-0.4, -0.2) is 42.8 Å². The number of nitrogens with one attached hydrogen (secondary N) is 1. The molecule has 0 spiro atoms. The molecule has 0 amide bonds. The van der Waals surface area contributed by atoms with Crippen molar-refractivity contribution >= 4 is 0 Å². The maximum atomic E-state index is 9.51. The Hall–Kier alpha value is -0.900. The van der Waals surface area contributed by atoms with E-state index in [4.69, 9.17) is 0 Å². The quantitative estimate of drug-likeness (QED) is 0.718. The summed E-state index contributed by atoms with van der Waals surface area (Å²) in [4.78, 5) is 2.38. The highest BCUT2D eigenvalue weighted by atomic mass is 16.3. The third-order valence-electron chi connectivity index (χ3n) is 3.69. The van der Waals surface area contributed by atoms with Gasteiger partial charge in [0.15, 0.2) is 0 Å². The SMILES string of the molecule is CCc1ccc(C(CO)NCCN(CC)CC)cc1. The van der Waals surface area contributed by atoms with Crippen molar-refractivity contribution in [1.82, 2.24) is 10.2 Å². The van der Waals surface area contributed by atoms with Gasteiger partial charge in [0, 0.05) is 13.1 Å². The van der Waals surface area contributed by atoms with E-state index < -0.39 is 0 Å². The molecule has 0 aliphatic carbocycles. The molecular formula is C16H28N2O. The first-order valence-electron chi connectivity index (χ1n) is 7.40. The second-order valence-corrected chi connectivity index (χ2v) is 4.81. The summed E-state index contributed by atoms with van der Waals surface area (Å²) in [6.07, 6.45) is 1.06. The van der Waals surface area contributed by atoms with Gasteiger partial charge < -0.3 is 15.3 Å². The van der Waals surface area contributed by atoms with Crippen LogP contribution in [0.3, 0.4) is 0 Å². The van der Waals surface area contributed by atoms with Crippen LogP contribution in [0.15, 0.2) is 24.3 Å². The van der Waals surface area contributed by atoms with Crippen LogP contribution in [0.5, 0.6) is 0 Å². The molecule has 0 heterocycles. The minimum atomic E-state index is 0.0430. The molecule has 3 nitrogen and oxygen atoms in total. The van der Waals surface area contributed by atoms with Gasteiger partial charge in [0.05, 0.1) is 12.6 Å². The van der Waals surface area contributed by atoms with Gasteiger partial charge in [0.25, 0.3) is 0 Å². The van der Waals surface area contributed by atoms with E-state index in [1.807, 2.05) is 0 Å². The van der Waals surface area contributed by atoms with Crippen LogP contribution in [-0.2, 0) is 6.42 Å². The van der Waals surface area contributed by atoms with Crippen LogP contribution < -0.4 is 5.32 Å². The summed E-state index contributed by atoms with van der Waals surface area (Å²) in [6.45, 7) is 10.7. The smallest absolute Gasteiger partial charge is 0.0626 e. The van der Waals surface area contributed by atoms with Gasteiger partial charge in [-0.1, -0.05) is 45.0 Å². The molecule has 108 valence electrons. The first-order chi connectivity index (χ1) is 9.24. The molecule has 19 heavy (non-hydrogen) atoms. The normalized spacial score (nSPS) is 12.9. The molecule has 2 N–H and O–H groups in total. The Bertz CT molecular complexity index is 333. The zero-order valence-electron chi connectivity index (χ0n) is 12.5. The van der Waals surface area contributed by atoms with Gasteiger partial charge in [-0.05, 0) is 30.6 Å². The predicted molar refractivity (Wildman–Crippen MR) is 81.4 cm³/mol. The molecule has 0 aliphatic rings. The molecule has 1 rings (SSSR count). The number of hydrogen-bond acceptors (Lipinski definition) is 3. The molecule has 1 atom stereocenters. The summed E-state index contributed by atoms with van der Waals surface area (Å²) in [5, 5.41) is 12.9. The summed E-state index contributed by atoms with van der Waals surface area (Å²) in [7, 11) is 0. The molecule has 0 fully saturated rings. The summed E-state index contributed by atoms with van der Waals surface area (Å²) in [6, 6.07) is 8.56. The molecule has 0 saturated heterocycles. The van der Waals surface area contributed by atoms with Gasteiger partial charge in [0.2, 0.25) is 0 Å². The number of benzene rings is 1. The van der Waals surface area contributed by atoms with Crippen LogP contribution >= 0.6 is 0 Å². The summed E-state index contributed by atoms with van der Waals surface area (Å²) in [5.74, 6) is 0. The molecule has 3 heteroatoms. The standard InChI is InChI=1S/C16H28N2O/c1-4-14-7-9-15(10-8-14)16(13-19)17-11-12-18(5-2)6-3/h7-10,16-17,19H,4-6,11-13H2,1-3H3. The molecule has 0 bridgehead atoms. The lowest BCUT2D eigenvalue weighted by molar-refractivity contribution is 0.233. The van der Waals surface area contributed by atoms with Crippen LogP contribution in [0.25, 0.3) is 0 Å². The summed E-state index contributed by atoms with van der Waals surface area (Å²) < 4.78 is 0. The molecule has 0 radical (unpaired) electrons. The summed E-state index contributed by atoms with van der Waals surface area (Å²) >= 11 is 0. The van der Waals surface area contributed by atoms with Crippen LogP contribution in [0.2, 0.25) is 0 Å². The van der Waals surface area contributed by atoms with Crippen LogP contribution in [0, 0.1) is 0 Å². The maximum absolute atomic E-state index is 9.51. The highest BCUT2D eigenvalue weighted by molar-refractivity contribution is 5.25. The van der Waals surface area contributed by atoms with Gasteiger partial charge in [-0.25, -0.2) is 0 Å². The van der Waals surface area contributed by atoms with Crippen molar-refractivity contribution in [3.8, 4) is 0 Å². The number of aliphatic hydroxyl groups excluding tert-OH is 1. The number of aryl methyl sites for hydroxylation is 1. The number of rotatable bonds is 9. The van der Waals surface area contributed by atoms with Gasteiger partial charge in [-0.15, -0.1) is 0 Å². The first kappa shape index (κ1) is 16.2. The maximum Gasteiger partial charge on any atom is 0.0626 e. The monoisotopic (exact) mass is 264 g/mol. The lowest BCUT2D eigenvalue weighted by Gasteiger charge is -2.21. The molecule has 0 aliphatic heterocycles. The third kappa shape index (κ3) is 5.31. The Balaban J connectivity index is 2.48. The van der Waals surface area contributed by atoms with Gasteiger partial charge >= 0.3 is 0 Å². The molecule has 0 aromatic heterocycles. The molecule has 1 unspecified atom stereocenters. The largest absolute Gasteiger partial charge is 0.394 e. The Morgan fingerprint density at radius 3 is 2.21 bits per heavy atom. The summed E-state index contributed by atoms with van der Waals surface area (Å²) in [5.41, 5.74) is 2.50. The number of nitrogens with zero attached hydrogens (tertiary/aromatic N) is 1. The lowest BCUT2D eigenvalue weighted by Crippen LogP contribution is -2.34. The minimum Gasteiger partial charge on any atom is -0.394 e. The zero-order chi connectivity index (χ0) is 14.1. The van der Waals surface area contributed by atoms with E-state index in [0.29, 0.717) is 0 Å². The molecular weight excluding hydrogens is 236 g/mol. The van der Waals surface area contributed by atoms with Crippen molar-refractivity contribution in [3.05, 3.63) is 35.4 Å². The van der Waals surface area contributed by atoms with Crippen LogP contribution in [0.4, 0.5) is 0 Å². The van der Waals surface area contributed by atoms with E-state index in [1.54, 1.807) is 0 Å². The van der Waals surface area contributed by atoms with Crippen LogP contribution in [0.1, 0.15) is 37.9 Å². The Labute approximate surface area is 117 Å². The fraction of sp³-hybridized carbons (Fsp3) is 0.625. The van der Waals surface area contributed by atoms with E-state index >= 15 is 0 Å². The topological polar surface area (TPSA) is 35.5 Å². The van der Waals surface area contributed by atoms with E-state index in [1.165, 1.54) is 11.1 Å². The molecule has 1 aromatic rings. The predicted octanol–water partition coefficient (Wildman–Crippen LogP) is 2.21. The third-order valence-corrected chi connectivity index (χ3v) is 3.69. The number of likely N-dealkylation sites (N-methyl/N-ethyl adjacent to an activating group) is 1. The zero-order valence-corrected chi connectivity index (χ0v) is 12.5. The Morgan fingerprint density at radius 2 is 1.74 bits per heavy atom. The van der Waals surface area contributed by atoms with E-state index in [9.17, 15) is 5.11 Å². The fourth-order valence-corrected chi connectivity index (χ4v) is 2.21. The minimum absolute atomic E-state index is 0.0430. The fourth-order valence-electron chi connectivity index (χ4n) is 2.21. The van der Waals surface area contributed by atoms with Crippen molar-refractivity contribution < 1.29 is 5.11 Å². The molecule has 0 saturated carbocycles. The van der Waals surface area contributed by atoms with Crippen molar-refractivity contribution in [3.63, 3.8) is 0 Å². The van der Waals surface area contributed by atoms with E-state index in [2.05, 4.69) is 55.3 Å². The van der Waals surface area contributed by atoms with Gasteiger partial charge in [0.1, 0.15) is 0 Å². The highest BCUT2D eigenvalue weighted by Gasteiger charge is 2.09. The first-order valence-corrected chi connectivity index (χ1v) is 7.40. The average molecular weight is 264 g/mol. The van der Waals surface area contributed by atoms with E-state index in [0.717, 1.165) is 32.6 Å². The van der Waals surface area contributed by atoms with Crippen molar-refractivity contribution in [1.29, 1.82) is 0 Å². The second-order valence-electron chi connectivity index (χ2n) is 4.81. The molecule has 1 aromatic carbocycles. The van der Waals surface area contributed by atoms with Gasteiger partial charge in [-0.3, -0.25) is 0 Å². The average Bonchev–Trinajstić information content (AvgIpc) is 2.48. The highest BCUT2D eigenvalue weighted by Crippen LogP contribution is 2.13. The van der Waals surface area contributed by atoms with E-state index in [-0.39, 0.29) is 12.6 Å². The lowest BCUT2D eigenvalue weighted by atomic mass is 10.0. The number of hydrogen-bond donors (Lipinski definition) is 2. The van der Waals surface area contributed by atoms with Gasteiger partial charge in [-0.2, -0.15) is 0 Å². The van der Waals surface area contributed by atoms with Crippen molar-refractivity contribution in [2.24, 2.45) is 0 Å². The Kier molecular flexibility index (Phi) is 7.72. The Morgan fingerprint density at radius 1 is 1.11 bits per heavy atom. The number of aliphatic hydroxyl groups is 1. The second kappa shape index (κ2) is 9.08. The van der Waals surface area contributed by atoms with Crippen molar-refractivity contribution in [2.45, 2.75) is 33.2 Å².